The Balaban J connectivity index is 2.06. The second kappa shape index (κ2) is 10.4. The van der Waals surface area contributed by atoms with E-state index in [1.165, 1.54) is 25.0 Å². The molecule has 1 aliphatic rings. The summed E-state index contributed by atoms with van der Waals surface area (Å²) in [4.78, 5) is 14.9. The van der Waals surface area contributed by atoms with Crippen LogP contribution in [0.3, 0.4) is 0 Å². The van der Waals surface area contributed by atoms with Crippen LogP contribution < -0.4 is 5.32 Å². The summed E-state index contributed by atoms with van der Waals surface area (Å²) in [6, 6.07) is 4.48. The van der Waals surface area contributed by atoms with Crippen molar-refractivity contribution in [2.24, 2.45) is 5.92 Å². The number of aromatic hydroxyl groups is 2. The number of amides is 1. The van der Waals surface area contributed by atoms with Crippen LogP contribution in [0.25, 0.3) is 5.57 Å². The zero-order valence-corrected chi connectivity index (χ0v) is 16.7. The fourth-order valence-electron chi connectivity index (χ4n) is 3.62. The predicted molar refractivity (Wildman–Crippen MR) is 110 cm³/mol. The second-order valence-corrected chi connectivity index (χ2v) is 7.81. The largest absolute Gasteiger partial charge is 0.504 e. The van der Waals surface area contributed by atoms with Gasteiger partial charge < -0.3 is 20.4 Å². The zero-order valence-electron chi connectivity index (χ0n) is 16.7. The summed E-state index contributed by atoms with van der Waals surface area (Å²) in [5.74, 6) is 0.0832. The minimum atomic E-state index is -0.210. The van der Waals surface area contributed by atoms with Gasteiger partial charge in [0.15, 0.2) is 11.5 Å². The van der Waals surface area contributed by atoms with Crippen molar-refractivity contribution >= 4 is 11.5 Å². The molecule has 1 amide bonds. The molecule has 0 bridgehead atoms. The first-order chi connectivity index (χ1) is 12.9. The van der Waals surface area contributed by atoms with Crippen molar-refractivity contribution in [3.8, 4) is 11.5 Å². The standard InChI is InChI=1S/C22H34N2O3/c1-4-5-8-16(2)13-22(27)23-19(15-24-11-6-7-12-24)17(3)18-9-10-20(25)21(26)14-18/h9-10,14,16,19,25-26H,3-8,11-13,15H2,1-2H3,(H,23,27)/t16?,19-/m1/s1. The molecule has 1 saturated heterocycles. The average molecular weight is 375 g/mol. The Morgan fingerprint density at radius 1 is 1.26 bits per heavy atom. The fraction of sp³-hybridized carbons (Fsp3) is 0.591. The number of nitrogens with zero attached hydrogens (tertiary/aromatic N) is 1. The summed E-state index contributed by atoms with van der Waals surface area (Å²) in [5.41, 5.74) is 1.49. The van der Waals surface area contributed by atoms with Crippen LogP contribution in [0.2, 0.25) is 0 Å². The molecule has 2 atom stereocenters. The molecule has 0 spiro atoms. The minimum absolute atomic E-state index is 0.0481. The molecule has 0 aliphatic carbocycles. The van der Waals surface area contributed by atoms with E-state index in [9.17, 15) is 15.0 Å². The highest BCUT2D eigenvalue weighted by Gasteiger charge is 2.23. The summed E-state index contributed by atoms with van der Waals surface area (Å²) >= 11 is 0. The lowest BCUT2D eigenvalue weighted by Crippen LogP contribution is -2.44. The van der Waals surface area contributed by atoms with Gasteiger partial charge in [0.05, 0.1) is 6.04 Å². The van der Waals surface area contributed by atoms with Gasteiger partial charge in [-0.1, -0.05) is 45.8 Å². The van der Waals surface area contributed by atoms with Crippen LogP contribution in [-0.2, 0) is 4.79 Å². The van der Waals surface area contributed by atoms with Crippen LogP contribution in [0.15, 0.2) is 24.8 Å². The maximum Gasteiger partial charge on any atom is 0.220 e. The monoisotopic (exact) mass is 374 g/mol. The van der Waals surface area contributed by atoms with Crippen LogP contribution in [0, 0.1) is 5.92 Å². The van der Waals surface area contributed by atoms with E-state index in [0.29, 0.717) is 12.3 Å². The first kappa shape index (κ1) is 21.3. The van der Waals surface area contributed by atoms with Gasteiger partial charge in [-0.15, -0.1) is 0 Å². The molecular formula is C22H34N2O3. The van der Waals surface area contributed by atoms with Gasteiger partial charge in [-0.25, -0.2) is 0 Å². The highest BCUT2D eigenvalue weighted by Crippen LogP contribution is 2.29. The highest BCUT2D eigenvalue weighted by molar-refractivity contribution is 5.80. The zero-order chi connectivity index (χ0) is 19.8. The van der Waals surface area contributed by atoms with Gasteiger partial charge in [0.2, 0.25) is 5.91 Å². The van der Waals surface area contributed by atoms with Crippen molar-refractivity contribution in [3.05, 3.63) is 30.3 Å². The SMILES string of the molecule is C=C(c1ccc(O)c(O)c1)[C@@H](CN1CCCC1)NC(=O)CC(C)CCCC. The first-order valence-electron chi connectivity index (χ1n) is 10.1. The van der Waals surface area contributed by atoms with Crippen molar-refractivity contribution in [2.75, 3.05) is 19.6 Å². The van der Waals surface area contributed by atoms with E-state index in [-0.39, 0.29) is 23.4 Å². The Morgan fingerprint density at radius 3 is 2.59 bits per heavy atom. The number of likely N-dealkylation sites (tertiary alicyclic amines) is 1. The van der Waals surface area contributed by atoms with Crippen molar-refractivity contribution in [3.63, 3.8) is 0 Å². The van der Waals surface area contributed by atoms with Crippen LogP contribution in [0.4, 0.5) is 0 Å². The molecule has 3 N–H and O–H groups in total. The molecule has 150 valence electrons. The molecule has 27 heavy (non-hydrogen) atoms. The second-order valence-electron chi connectivity index (χ2n) is 7.81. The minimum Gasteiger partial charge on any atom is -0.504 e. The maximum atomic E-state index is 12.6. The molecule has 1 fully saturated rings. The number of benzene rings is 1. The van der Waals surface area contributed by atoms with Crippen LogP contribution >= 0.6 is 0 Å². The van der Waals surface area contributed by atoms with Crippen LogP contribution in [-0.4, -0.2) is 46.7 Å². The van der Waals surface area contributed by atoms with E-state index in [1.54, 1.807) is 6.07 Å². The lowest BCUT2D eigenvalue weighted by atomic mass is 9.97. The van der Waals surface area contributed by atoms with Gasteiger partial charge in [-0.2, -0.15) is 0 Å². The van der Waals surface area contributed by atoms with E-state index < -0.39 is 0 Å². The molecule has 2 rings (SSSR count). The molecule has 1 aliphatic heterocycles. The molecule has 1 aromatic rings. The summed E-state index contributed by atoms with van der Waals surface area (Å²) in [7, 11) is 0. The molecule has 1 heterocycles. The number of carbonyl (C=O) groups is 1. The van der Waals surface area contributed by atoms with Crippen molar-refractivity contribution < 1.29 is 15.0 Å². The molecule has 0 saturated carbocycles. The summed E-state index contributed by atoms with van der Waals surface area (Å²) < 4.78 is 0. The van der Waals surface area contributed by atoms with Crippen LogP contribution in [0.1, 0.15) is 57.9 Å². The number of unbranched alkanes of at least 4 members (excludes halogenated alkanes) is 1. The number of hydrogen-bond donors (Lipinski definition) is 3. The molecule has 5 heteroatoms. The Kier molecular flexibility index (Phi) is 8.17. The Hall–Kier alpha value is -2.01. The number of hydrogen-bond acceptors (Lipinski definition) is 4. The normalized spacial score (nSPS) is 16.8. The molecule has 1 aromatic carbocycles. The Morgan fingerprint density at radius 2 is 1.96 bits per heavy atom. The lowest BCUT2D eigenvalue weighted by molar-refractivity contribution is -0.122. The van der Waals surface area contributed by atoms with Gasteiger partial charge in [0.25, 0.3) is 0 Å². The third-order valence-electron chi connectivity index (χ3n) is 5.33. The van der Waals surface area contributed by atoms with E-state index in [4.69, 9.17) is 0 Å². The van der Waals surface area contributed by atoms with E-state index in [1.807, 2.05) is 0 Å². The smallest absolute Gasteiger partial charge is 0.220 e. The average Bonchev–Trinajstić information content (AvgIpc) is 3.14. The molecular weight excluding hydrogens is 340 g/mol. The van der Waals surface area contributed by atoms with Gasteiger partial charge in [-0.3, -0.25) is 4.79 Å². The number of nitrogens with one attached hydrogen (secondary N) is 1. The van der Waals surface area contributed by atoms with Crippen molar-refractivity contribution in [2.45, 2.75) is 58.4 Å². The number of carbonyl (C=O) groups excluding carboxylic acids is 1. The quantitative estimate of drug-likeness (QED) is 0.543. The topological polar surface area (TPSA) is 72.8 Å². The summed E-state index contributed by atoms with van der Waals surface area (Å²) in [5, 5.41) is 22.5. The molecule has 1 unspecified atom stereocenters. The summed E-state index contributed by atoms with van der Waals surface area (Å²) in [6.07, 6.45) is 6.23. The first-order valence-corrected chi connectivity index (χ1v) is 10.1. The lowest BCUT2D eigenvalue weighted by Gasteiger charge is -2.27. The van der Waals surface area contributed by atoms with Gasteiger partial charge in [-0.05, 0) is 55.1 Å². The Bertz CT molecular complexity index is 638. The van der Waals surface area contributed by atoms with E-state index in [0.717, 1.165) is 50.0 Å². The Labute approximate surface area is 163 Å². The van der Waals surface area contributed by atoms with Gasteiger partial charge in [0.1, 0.15) is 0 Å². The number of phenols is 2. The van der Waals surface area contributed by atoms with Crippen molar-refractivity contribution in [1.82, 2.24) is 10.2 Å². The fourth-order valence-corrected chi connectivity index (χ4v) is 3.62. The third kappa shape index (κ3) is 6.58. The molecule has 5 nitrogen and oxygen atoms in total. The third-order valence-corrected chi connectivity index (χ3v) is 5.33. The van der Waals surface area contributed by atoms with Crippen molar-refractivity contribution in [1.29, 1.82) is 0 Å². The highest BCUT2D eigenvalue weighted by atomic mass is 16.3. The van der Waals surface area contributed by atoms with Crippen LogP contribution in [0.5, 0.6) is 11.5 Å². The van der Waals surface area contributed by atoms with E-state index in [2.05, 4.69) is 30.6 Å². The van der Waals surface area contributed by atoms with Gasteiger partial charge in [0, 0.05) is 13.0 Å². The molecule has 0 radical (unpaired) electrons. The number of rotatable bonds is 10. The predicted octanol–water partition coefficient (Wildman–Crippen LogP) is 3.91. The summed E-state index contributed by atoms with van der Waals surface area (Å²) in [6.45, 7) is 11.3. The number of phenolic OH excluding ortho intramolecular Hbond substituents is 2. The van der Waals surface area contributed by atoms with Gasteiger partial charge >= 0.3 is 0 Å². The van der Waals surface area contributed by atoms with E-state index >= 15 is 0 Å². The molecule has 0 aromatic heterocycles. The maximum absolute atomic E-state index is 12.6.